The highest BCUT2D eigenvalue weighted by atomic mass is 16.3. The molecule has 0 atom stereocenters. The fourth-order valence-electron chi connectivity index (χ4n) is 3.46. The SMILES string of the molecule is Cc1nn(-c2ccccc2)cc1CN(CCO)C1CCN(C)CC1. The number of aliphatic hydroxyl groups excluding tert-OH is 1. The molecule has 5 nitrogen and oxygen atoms in total. The molecule has 0 unspecified atom stereocenters. The van der Waals surface area contributed by atoms with Crippen LogP contribution in [-0.2, 0) is 6.54 Å². The van der Waals surface area contributed by atoms with E-state index >= 15 is 0 Å². The Balaban J connectivity index is 1.74. The van der Waals surface area contributed by atoms with Crippen molar-refractivity contribution in [1.82, 2.24) is 19.6 Å². The van der Waals surface area contributed by atoms with Crippen LogP contribution in [0.4, 0.5) is 0 Å². The van der Waals surface area contributed by atoms with Crippen LogP contribution in [0.5, 0.6) is 0 Å². The Morgan fingerprint density at radius 2 is 1.92 bits per heavy atom. The normalized spacial score (nSPS) is 16.8. The molecule has 2 heterocycles. The summed E-state index contributed by atoms with van der Waals surface area (Å²) in [6, 6.07) is 10.8. The number of aryl methyl sites for hydroxylation is 1. The topological polar surface area (TPSA) is 44.5 Å². The molecule has 1 aromatic carbocycles. The van der Waals surface area contributed by atoms with Crippen molar-refractivity contribution < 1.29 is 5.11 Å². The smallest absolute Gasteiger partial charge is 0.0645 e. The first kappa shape index (κ1) is 17.1. The van der Waals surface area contributed by atoms with Gasteiger partial charge in [0.25, 0.3) is 0 Å². The molecule has 1 aromatic heterocycles. The van der Waals surface area contributed by atoms with Crippen molar-refractivity contribution in [2.24, 2.45) is 0 Å². The zero-order valence-electron chi connectivity index (χ0n) is 14.7. The zero-order valence-corrected chi connectivity index (χ0v) is 14.7. The molecule has 0 radical (unpaired) electrons. The Morgan fingerprint density at radius 3 is 2.58 bits per heavy atom. The molecule has 0 spiro atoms. The van der Waals surface area contributed by atoms with Gasteiger partial charge in [-0.05, 0) is 52.0 Å². The minimum atomic E-state index is 0.207. The average Bonchev–Trinajstić information content (AvgIpc) is 2.97. The largest absolute Gasteiger partial charge is 0.395 e. The summed E-state index contributed by atoms with van der Waals surface area (Å²) in [6.45, 7) is 6.13. The highest BCUT2D eigenvalue weighted by molar-refractivity contribution is 5.32. The monoisotopic (exact) mass is 328 g/mol. The van der Waals surface area contributed by atoms with Crippen LogP contribution in [0.25, 0.3) is 5.69 Å². The lowest BCUT2D eigenvalue weighted by atomic mass is 10.0. The number of aromatic nitrogens is 2. The Kier molecular flexibility index (Phi) is 5.66. The first-order valence-electron chi connectivity index (χ1n) is 8.81. The molecule has 0 saturated carbocycles. The molecule has 5 heteroatoms. The highest BCUT2D eigenvalue weighted by Crippen LogP contribution is 2.20. The minimum Gasteiger partial charge on any atom is -0.395 e. The van der Waals surface area contributed by atoms with Crippen molar-refractivity contribution in [2.75, 3.05) is 33.3 Å². The lowest BCUT2D eigenvalue weighted by Crippen LogP contribution is -2.44. The summed E-state index contributed by atoms with van der Waals surface area (Å²) in [7, 11) is 2.18. The molecule has 3 rings (SSSR count). The van der Waals surface area contributed by atoms with Gasteiger partial charge in [-0.25, -0.2) is 4.68 Å². The number of hydrogen-bond donors (Lipinski definition) is 1. The summed E-state index contributed by atoms with van der Waals surface area (Å²) in [5.41, 5.74) is 3.39. The average molecular weight is 328 g/mol. The third-order valence-electron chi connectivity index (χ3n) is 4.99. The lowest BCUT2D eigenvalue weighted by molar-refractivity contribution is 0.0939. The molecule has 1 aliphatic rings. The van der Waals surface area contributed by atoms with Gasteiger partial charge in [-0.1, -0.05) is 18.2 Å². The van der Waals surface area contributed by atoms with Gasteiger partial charge >= 0.3 is 0 Å². The summed E-state index contributed by atoms with van der Waals surface area (Å²) in [6.07, 6.45) is 4.47. The van der Waals surface area contributed by atoms with E-state index in [1.54, 1.807) is 0 Å². The van der Waals surface area contributed by atoms with Crippen LogP contribution in [0.1, 0.15) is 24.1 Å². The van der Waals surface area contributed by atoms with E-state index in [-0.39, 0.29) is 6.61 Å². The highest BCUT2D eigenvalue weighted by Gasteiger charge is 2.24. The number of aliphatic hydroxyl groups is 1. The van der Waals surface area contributed by atoms with Crippen LogP contribution in [0.15, 0.2) is 36.5 Å². The molecule has 1 aliphatic heterocycles. The first-order valence-corrected chi connectivity index (χ1v) is 8.81. The minimum absolute atomic E-state index is 0.207. The third kappa shape index (κ3) is 4.04. The molecule has 2 aromatic rings. The van der Waals surface area contributed by atoms with E-state index in [4.69, 9.17) is 0 Å². The van der Waals surface area contributed by atoms with E-state index in [0.29, 0.717) is 6.04 Å². The van der Waals surface area contributed by atoms with Crippen LogP contribution < -0.4 is 0 Å². The van der Waals surface area contributed by atoms with Gasteiger partial charge in [-0.2, -0.15) is 5.10 Å². The van der Waals surface area contributed by atoms with Crippen molar-refractivity contribution in [2.45, 2.75) is 32.4 Å². The second-order valence-electron chi connectivity index (χ2n) is 6.75. The van der Waals surface area contributed by atoms with Crippen LogP contribution in [0, 0.1) is 6.92 Å². The molecule has 24 heavy (non-hydrogen) atoms. The summed E-state index contributed by atoms with van der Waals surface area (Å²) >= 11 is 0. The van der Waals surface area contributed by atoms with Gasteiger partial charge in [-0.15, -0.1) is 0 Å². The second-order valence-corrected chi connectivity index (χ2v) is 6.75. The number of likely N-dealkylation sites (tertiary alicyclic amines) is 1. The molecular formula is C19H28N4O. The van der Waals surface area contributed by atoms with Gasteiger partial charge in [0.15, 0.2) is 0 Å². The quantitative estimate of drug-likeness (QED) is 0.882. The summed E-state index contributed by atoms with van der Waals surface area (Å²) in [5.74, 6) is 0. The summed E-state index contributed by atoms with van der Waals surface area (Å²) in [4.78, 5) is 4.80. The fourth-order valence-corrected chi connectivity index (χ4v) is 3.46. The summed E-state index contributed by atoms with van der Waals surface area (Å²) in [5, 5.41) is 14.1. The first-order chi connectivity index (χ1) is 11.7. The standard InChI is InChI=1S/C19H28N4O/c1-16-17(15-23(20-16)19-6-4-3-5-7-19)14-22(12-13-24)18-8-10-21(2)11-9-18/h3-7,15,18,24H,8-14H2,1-2H3. The van der Waals surface area contributed by atoms with E-state index in [0.717, 1.165) is 37.6 Å². The van der Waals surface area contributed by atoms with Crippen molar-refractivity contribution in [3.05, 3.63) is 47.8 Å². The van der Waals surface area contributed by atoms with E-state index < -0.39 is 0 Å². The predicted octanol–water partition coefficient (Wildman–Crippen LogP) is 2.07. The van der Waals surface area contributed by atoms with E-state index in [1.165, 1.54) is 18.4 Å². The number of piperidine rings is 1. The Labute approximate surface area is 144 Å². The lowest BCUT2D eigenvalue weighted by Gasteiger charge is -2.37. The molecule has 1 saturated heterocycles. The molecule has 1 N–H and O–H groups in total. The summed E-state index contributed by atoms with van der Waals surface area (Å²) < 4.78 is 1.95. The molecule has 0 bridgehead atoms. The van der Waals surface area contributed by atoms with Crippen molar-refractivity contribution in [3.8, 4) is 5.69 Å². The maximum absolute atomic E-state index is 9.48. The van der Waals surface area contributed by atoms with Gasteiger partial charge in [0.1, 0.15) is 0 Å². The van der Waals surface area contributed by atoms with Gasteiger partial charge in [0.05, 0.1) is 18.0 Å². The fraction of sp³-hybridized carbons (Fsp3) is 0.526. The van der Waals surface area contributed by atoms with Crippen molar-refractivity contribution in [1.29, 1.82) is 0 Å². The molecule has 0 amide bonds. The van der Waals surface area contributed by atoms with Gasteiger partial charge < -0.3 is 10.0 Å². The van der Waals surface area contributed by atoms with Crippen molar-refractivity contribution in [3.63, 3.8) is 0 Å². The Bertz CT molecular complexity index is 632. The second kappa shape index (κ2) is 7.92. The Hall–Kier alpha value is -1.69. The third-order valence-corrected chi connectivity index (χ3v) is 4.99. The number of hydrogen-bond acceptors (Lipinski definition) is 4. The van der Waals surface area contributed by atoms with Gasteiger partial charge in [-0.3, -0.25) is 4.90 Å². The number of benzene rings is 1. The maximum Gasteiger partial charge on any atom is 0.0645 e. The Morgan fingerprint density at radius 1 is 1.21 bits per heavy atom. The van der Waals surface area contributed by atoms with Crippen molar-refractivity contribution >= 4 is 0 Å². The molecule has 0 aliphatic carbocycles. The van der Waals surface area contributed by atoms with Crippen LogP contribution in [0.2, 0.25) is 0 Å². The maximum atomic E-state index is 9.48. The van der Waals surface area contributed by atoms with E-state index in [2.05, 4.69) is 47.2 Å². The predicted molar refractivity (Wildman–Crippen MR) is 96.3 cm³/mol. The number of nitrogens with zero attached hydrogens (tertiary/aromatic N) is 4. The number of rotatable bonds is 6. The zero-order chi connectivity index (χ0) is 16.9. The van der Waals surface area contributed by atoms with Gasteiger partial charge in [0.2, 0.25) is 0 Å². The van der Waals surface area contributed by atoms with Gasteiger partial charge in [0, 0.05) is 30.9 Å². The van der Waals surface area contributed by atoms with Crippen LogP contribution in [0.3, 0.4) is 0 Å². The molecule has 1 fully saturated rings. The van der Waals surface area contributed by atoms with E-state index in [9.17, 15) is 5.11 Å². The molecule has 130 valence electrons. The van der Waals surface area contributed by atoms with Crippen LogP contribution >= 0.6 is 0 Å². The number of para-hydroxylation sites is 1. The van der Waals surface area contributed by atoms with Crippen LogP contribution in [-0.4, -0.2) is 64.0 Å². The van der Waals surface area contributed by atoms with E-state index in [1.807, 2.05) is 22.9 Å². The molecular weight excluding hydrogens is 300 g/mol.